The van der Waals surface area contributed by atoms with Crippen LogP contribution >= 0.6 is 37.2 Å². The zero-order chi connectivity index (χ0) is 19.1. The minimum Gasteiger partial charge on any atom is -0.480 e. The van der Waals surface area contributed by atoms with Crippen LogP contribution in [-0.2, 0) is 9.59 Å². The third-order valence-corrected chi connectivity index (χ3v) is 4.05. The molecule has 1 aliphatic rings. The van der Waals surface area contributed by atoms with Gasteiger partial charge < -0.3 is 41.1 Å². The Balaban J connectivity index is -0.00000208. The highest BCUT2D eigenvalue weighted by Crippen LogP contribution is 2.22. The van der Waals surface area contributed by atoms with Gasteiger partial charge in [-0.3, -0.25) is 20.2 Å². The summed E-state index contributed by atoms with van der Waals surface area (Å²) in [5, 5.41) is 74.3. The largest absolute Gasteiger partial charge is 0.480 e. The maximum Gasteiger partial charge on any atom is 0.317 e. The first-order valence-corrected chi connectivity index (χ1v) is 7.65. The molecule has 0 unspecified atom stereocenters. The number of carboxylic acids is 2. The fourth-order valence-electron chi connectivity index (χ4n) is 2.80. The predicted molar refractivity (Wildman–Crippen MR) is 104 cm³/mol. The molecule has 0 amide bonds. The number of aliphatic hydroxyl groups is 5. The molecule has 0 radical (unpaired) electrons. The molecule has 6 atom stereocenters. The van der Waals surface area contributed by atoms with Crippen molar-refractivity contribution in [2.24, 2.45) is 0 Å². The van der Waals surface area contributed by atoms with Crippen LogP contribution in [0.25, 0.3) is 0 Å². The average molecular weight is 477 g/mol. The first-order chi connectivity index (χ1) is 11.7. The van der Waals surface area contributed by atoms with E-state index in [1.807, 2.05) is 0 Å². The van der Waals surface area contributed by atoms with Crippen LogP contribution in [0.2, 0.25) is 0 Å². The summed E-state index contributed by atoms with van der Waals surface area (Å²) in [5.74, 6) is -2.48. The normalized spacial score (nSPS) is 29.2. The average Bonchev–Trinajstić information content (AvgIpc) is 2.54. The second-order valence-corrected chi connectivity index (χ2v) is 5.83. The van der Waals surface area contributed by atoms with Gasteiger partial charge in [0.15, 0.2) is 0 Å². The Kier molecular flexibility index (Phi) is 17.6. The van der Waals surface area contributed by atoms with Crippen LogP contribution in [0.5, 0.6) is 0 Å². The monoisotopic (exact) mass is 475 g/mol. The molecule has 0 spiro atoms. The Morgan fingerprint density at radius 1 is 0.714 bits per heavy atom. The van der Waals surface area contributed by atoms with Gasteiger partial charge in [-0.1, -0.05) is 0 Å². The minimum atomic E-state index is -1.50. The summed E-state index contributed by atoms with van der Waals surface area (Å²) in [4.78, 5) is 21.4. The number of nitrogens with one attached hydrogen (secondary N) is 3. The van der Waals surface area contributed by atoms with E-state index in [2.05, 4.69) is 16.0 Å². The van der Waals surface area contributed by atoms with E-state index in [0.29, 0.717) is 0 Å². The molecule has 15 heteroatoms. The van der Waals surface area contributed by atoms with E-state index in [1.54, 1.807) is 0 Å². The number of aliphatic carboxylic acids is 2. The second-order valence-electron chi connectivity index (χ2n) is 5.83. The minimum absolute atomic E-state index is 0. The summed E-state index contributed by atoms with van der Waals surface area (Å²) < 4.78 is 0. The molecular formula is C13H28Cl3N3O9. The predicted octanol–water partition coefficient (Wildman–Crippen LogP) is -4.25. The van der Waals surface area contributed by atoms with Gasteiger partial charge in [0, 0.05) is 0 Å². The molecule has 0 heterocycles. The standard InChI is InChI=1S/C13H25N3O9.3ClH/c17-3-5(4-18)16-10-12(24)8(14-1-6(19)20)11(23)9(13(10)25)15-2-7(21)22;;;/h5,8-18,23-25H,1-4H2,(H,19,20)(H,21,22);3*1H/t8-,9+,10-,11+,12-,13+;;;. The van der Waals surface area contributed by atoms with Crippen molar-refractivity contribution in [1.29, 1.82) is 0 Å². The highest BCUT2D eigenvalue weighted by atomic mass is 35.5. The quantitative estimate of drug-likeness (QED) is 0.145. The van der Waals surface area contributed by atoms with Gasteiger partial charge in [0.25, 0.3) is 0 Å². The maximum absolute atomic E-state index is 10.7. The van der Waals surface area contributed by atoms with Gasteiger partial charge in [-0.05, 0) is 0 Å². The third-order valence-electron chi connectivity index (χ3n) is 4.05. The van der Waals surface area contributed by atoms with Gasteiger partial charge in [0.05, 0.1) is 68.8 Å². The molecule has 28 heavy (non-hydrogen) atoms. The van der Waals surface area contributed by atoms with Crippen LogP contribution in [-0.4, -0.2) is 116 Å². The van der Waals surface area contributed by atoms with E-state index in [-0.39, 0.29) is 37.2 Å². The Bertz CT molecular complexity index is 430. The summed E-state index contributed by atoms with van der Waals surface area (Å²) >= 11 is 0. The lowest BCUT2D eigenvalue weighted by molar-refractivity contribution is -0.138. The Morgan fingerprint density at radius 3 is 1.32 bits per heavy atom. The molecule has 0 aromatic carbocycles. The van der Waals surface area contributed by atoms with Crippen molar-refractivity contribution in [3.05, 3.63) is 0 Å². The van der Waals surface area contributed by atoms with Gasteiger partial charge >= 0.3 is 11.9 Å². The molecule has 170 valence electrons. The fourth-order valence-corrected chi connectivity index (χ4v) is 2.80. The number of hydrogen-bond acceptors (Lipinski definition) is 10. The van der Waals surface area contributed by atoms with E-state index >= 15 is 0 Å². The van der Waals surface area contributed by atoms with Crippen LogP contribution < -0.4 is 16.0 Å². The SMILES string of the molecule is Cl.Cl.Cl.O=C(O)CN[C@@H]1[C@H](O)[C@H](NCC(=O)O)[C@H](O)[C@H](NC(CO)CO)[C@@H]1O. The van der Waals surface area contributed by atoms with Crippen LogP contribution in [0.15, 0.2) is 0 Å². The van der Waals surface area contributed by atoms with E-state index in [4.69, 9.17) is 20.4 Å². The lowest BCUT2D eigenvalue weighted by atomic mass is 9.79. The van der Waals surface area contributed by atoms with Crippen LogP contribution in [0, 0.1) is 0 Å². The molecular weight excluding hydrogens is 449 g/mol. The molecule has 0 bridgehead atoms. The van der Waals surface area contributed by atoms with Crippen LogP contribution in [0.1, 0.15) is 0 Å². The number of carbonyl (C=O) groups is 2. The van der Waals surface area contributed by atoms with Gasteiger partial charge in [0.2, 0.25) is 0 Å². The van der Waals surface area contributed by atoms with Gasteiger partial charge in [0.1, 0.15) is 0 Å². The zero-order valence-corrected chi connectivity index (χ0v) is 17.0. The highest BCUT2D eigenvalue weighted by molar-refractivity contribution is 5.86. The smallest absolute Gasteiger partial charge is 0.317 e. The van der Waals surface area contributed by atoms with Crippen molar-refractivity contribution in [1.82, 2.24) is 16.0 Å². The van der Waals surface area contributed by atoms with Gasteiger partial charge in [-0.25, -0.2) is 0 Å². The topological polar surface area (TPSA) is 212 Å². The Morgan fingerprint density at radius 2 is 1.04 bits per heavy atom. The molecule has 1 aliphatic carbocycles. The number of halogens is 3. The molecule has 0 aliphatic heterocycles. The van der Waals surface area contributed by atoms with E-state index < -0.39 is 80.7 Å². The molecule has 12 nitrogen and oxygen atoms in total. The first kappa shape index (κ1) is 32.2. The summed E-state index contributed by atoms with van der Waals surface area (Å²) in [6.07, 6.45) is -4.45. The van der Waals surface area contributed by atoms with Gasteiger partial charge in [-0.15, -0.1) is 37.2 Å². The van der Waals surface area contributed by atoms with Crippen molar-refractivity contribution in [2.75, 3.05) is 26.3 Å². The zero-order valence-electron chi connectivity index (χ0n) is 14.5. The van der Waals surface area contributed by atoms with Crippen molar-refractivity contribution in [3.8, 4) is 0 Å². The summed E-state index contributed by atoms with van der Waals surface area (Å²) in [6, 6.07) is -4.47. The lowest BCUT2D eigenvalue weighted by Gasteiger charge is -2.47. The molecule has 10 N–H and O–H groups in total. The molecule has 0 aromatic heterocycles. The molecule has 0 saturated heterocycles. The number of hydrogen-bond donors (Lipinski definition) is 10. The van der Waals surface area contributed by atoms with Crippen molar-refractivity contribution >= 4 is 49.2 Å². The maximum atomic E-state index is 10.7. The number of aliphatic hydroxyl groups excluding tert-OH is 5. The lowest BCUT2D eigenvalue weighted by Crippen LogP contribution is -2.75. The summed E-state index contributed by atoms with van der Waals surface area (Å²) in [7, 11) is 0. The Hall–Kier alpha value is -0.510. The van der Waals surface area contributed by atoms with E-state index in [0.717, 1.165) is 0 Å². The van der Waals surface area contributed by atoms with E-state index in [9.17, 15) is 24.9 Å². The van der Waals surface area contributed by atoms with Crippen LogP contribution in [0.3, 0.4) is 0 Å². The summed E-state index contributed by atoms with van der Waals surface area (Å²) in [6.45, 7) is -2.18. The van der Waals surface area contributed by atoms with Crippen molar-refractivity contribution < 1.29 is 45.3 Å². The highest BCUT2D eigenvalue weighted by Gasteiger charge is 2.49. The Labute approximate surface area is 179 Å². The van der Waals surface area contributed by atoms with Crippen molar-refractivity contribution in [2.45, 2.75) is 42.5 Å². The third kappa shape index (κ3) is 8.88. The summed E-state index contributed by atoms with van der Waals surface area (Å²) in [5.41, 5.74) is 0. The fraction of sp³-hybridized carbons (Fsp3) is 0.846. The van der Waals surface area contributed by atoms with Crippen molar-refractivity contribution in [3.63, 3.8) is 0 Å². The van der Waals surface area contributed by atoms with E-state index in [1.165, 1.54) is 0 Å². The number of rotatable bonds is 10. The first-order valence-electron chi connectivity index (χ1n) is 7.65. The number of carboxylic acid groups (broad SMARTS) is 2. The van der Waals surface area contributed by atoms with Gasteiger partial charge in [-0.2, -0.15) is 0 Å². The molecule has 1 rings (SSSR count). The molecule has 1 fully saturated rings. The molecule has 1 saturated carbocycles. The second kappa shape index (κ2) is 15.3. The van der Waals surface area contributed by atoms with Crippen LogP contribution in [0.4, 0.5) is 0 Å². The molecule has 0 aromatic rings.